The molecule has 1 aromatic rings. The van der Waals surface area contributed by atoms with Gasteiger partial charge in [-0.1, -0.05) is 0 Å². The third kappa shape index (κ3) is 4.80. The lowest BCUT2D eigenvalue weighted by atomic mass is 10.1. The lowest BCUT2D eigenvalue weighted by Crippen LogP contribution is -2.42. The largest absolute Gasteiger partial charge is 0.490 e. The van der Waals surface area contributed by atoms with Crippen LogP contribution < -0.4 is 10.1 Å². The molecule has 1 aromatic carbocycles. The molecular weight excluding hydrogens is 344 g/mol. The first-order chi connectivity index (χ1) is 13.2. The Morgan fingerprint density at radius 2 is 1.81 bits per heavy atom. The van der Waals surface area contributed by atoms with Gasteiger partial charge in [0.1, 0.15) is 11.9 Å². The first-order valence-corrected chi connectivity index (χ1v) is 10.1. The van der Waals surface area contributed by atoms with Gasteiger partial charge in [-0.2, -0.15) is 0 Å². The maximum absolute atomic E-state index is 12.2. The molecule has 1 saturated carbocycles. The van der Waals surface area contributed by atoms with Crippen LogP contribution in [-0.4, -0.2) is 55.7 Å². The number of hydrogen-bond acceptors (Lipinski definition) is 4. The highest BCUT2D eigenvalue weighted by molar-refractivity contribution is 5.94. The number of piperidine rings is 1. The number of amides is 2. The fraction of sp³-hybridized carbons (Fsp3) is 0.619. The van der Waals surface area contributed by atoms with E-state index in [1.54, 1.807) is 0 Å². The fourth-order valence-corrected chi connectivity index (χ4v) is 3.74. The zero-order chi connectivity index (χ0) is 18.6. The Labute approximate surface area is 160 Å². The van der Waals surface area contributed by atoms with Crippen molar-refractivity contribution in [1.29, 1.82) is 0 Å². The van der Waals surface area contributed by atoms with E-state index in [0.29, 0.717) is 29.9 Å². The van der Waals surface area contributed by atoms with Gasteiger partial charge < -0.3 is 19.7 Å². The number of likely N-dealkylation sites (tertiary alicyclic amines) is 1. The van der Waals surface area contributed by atoms with E-state index in [1.165, 1.54) is 0 Å². The van der Waals surface area contributed by atoms with Gasteiger partial charge in [0.05, 0.1) is 6.61 Å². The molecule has 0 aromatic heterocycles. The molecule has 0 bridgehead atoms. The van der Waals surface area contributed by atoms with Gasteiger partial charge in [-0.3, -0.25) is 9.59 Å². The number of nitrogens with one attached hydrogen (secondary N) is 1. The number of rotatable bonds is 6. The van der Waals surface area contributed by atoms with Crippen LogP contribution in [0, 0.1) is 11.8 Å². The Hall–Kier alpha value is -2.08. The standard InChI is InChI=1S/C21H28N2O4/c24-20(22-13-15-9-12-26-14-15)16-3-5-18(6-4-16)27-19-7-10-23(11-8-19)21(25)17-1-2-17/h3-6,15,17,19H,1-2,7-14H2,(H,22,24)/t15-/m0/s1. The van der Waals surface area contributed by atoms with Gasteiger partial charge in [-0.05, 0) is 43.5 Å². The molecule has 1 aliphatic carbocycles. The van der Waals surface area contributed by atoms with Crippen molar-refractivity contribution in [2.24, 2.45) is 11.8 Å². The maximum Gasteiger partial charge on any atom is 0.251 e. The van der Waals surface area contributed by atoms with E-state index in [9.17, 15) is 9.59 Å². The van der Waals surface area contributed by atoms with Crippen LogP contribution in [0.2, 0.25) is 0 Å². The minimum absolute atomic E-state index is 0.0552. The molecule has 0 spiro atoms. The average Bonchev–Trinajstić information content (AvgIpc) is 3.42. The number of nitrogens with zero attached hydrogens (tertiary/aromatic N) is 1. The quantitative estimate of drug-likeness (QED) is 0.832. The summed E-state index contributed by atoms with van der Waals surface area (Å²) in [6.07, 6.45) is 5.00. The lowest BCUT2D eigenvalue weighted by molar-refractivity contribution is -0.134. The van der Waals surface area contributed by atoms with E-state index >= 15 is 0 Å². The van der Waals surface area contributed by atoms with Crippen LogP contribution in [-0.2, 0) is 9.53 Å². The minimum Gasteiger partial charge on any atom is -0.490 e. The van der Waals surface area contributed by atoms with Gasteiger partial charge in [0.15, 0.2) is 0 Å². The van der Waals surface area contributed by atoms with Crippen molar-refractivity contribution in [1.82, 2.24) is 10.2 Å². The van der Waals surface area contributed by atoms with Crippen molar-refractivity contribution in [2.75, 3.05) is 32.8 Å². The predicted octanol–water partition coefficient (Wildman–Crippen LogP) is 2.23. The normalized spacial score (nSPS) is 23.3. The smallest absolute Gasteiger partial charge is 0.251 e. The first kappa shape index (κ1) is 18.3. The monoisotopic (exact) mass is 372 g/mol. The van der Waals surface area contributed by atoms with Crippen LogP contribution in [0.5, 0.6) is 5.75 Å². The van der Waals surface area contributed by atoms with Crippen molar-refractivity contribution in [3.8, 4) is 5.75 Å². The summed E-state index contributed by atoms with van der Waals surface area (Å²) in [5.74, 6) is 1.77. The van der Waals surface area contributed by atoms with Crippen molar-refractivity contribution in [2.45, 2.75) is 38.2 Å². The van der Waals surface area contributed by atoms with E-state index < -0.39 is 0 Å². The van der Waals surface area contributed by atoms with E-state index in [-0.39, 0.29) is 12.0 Å². The molecule has 2 heterocycles. The summed E-state index contributed by atoms with van der Waals surface area (Å²) >= 11 is 0. The average molecular weight is 372 g/mol. The summed E-state index contributed by atoms with van der Waals surface area (Å²) in [5.41, 5.74) is 0.645. The predicted molar refractivity (Wildman–Crippen MR) is 101 cm³/mol. The molecule has 3 fully saturated rings. The van der Waals surface area contributed by atoms with Gasteiger partial charge in [0, 0.05) is 56.5 Å². The molecule has 146 valence electrons. The SMILES string of the molecule is O=C(NC[C@@H]1CCOC1)c1ccc(OC2CCN(C(=O)C3CC3)CC2)cc1. The van der Waals surface area contributed by atoms with Crippen LogP contribution in [0.4, 0.5) is 0 Å². The van der Waals surface area contributed by atoms with Crippen molar-refractivity contribution in [3.63, 3.8) is 0 Å². The Morgan fingerprint density at radius 3 is 2.44 bits per heavy atom. The van der Waals surface area contributed by atoms with Crippen LogP contribution in [0.1, 0.15) is 42.5 Å². The molecule has 3 aliphatic rings. The van der Waals surface area contributed by atoms with Crippen molar-refractivity contribution < 1.29 is 19.1 Å². The van der Waals surface area contributed by atoms with Gasteiger partial charge in [0.2, 0.25) is 5.91 Å². The molecule has 27 heavy (non-hydrogen) atoms. The van der Waals surface area contributed by atoms with Crippen molar-refractivity contribution >= 4 is 11.8 Å². The summed E-state index contributed by atoms with van der Waals surface area (Å²) in [7, 11) is 0. The second-order valence-corrected chi connectivity index (χ2v) is 7.88. The Balaban J connectivity index is 1.22. The van der Waals surface area contributed by atoms with E-state index in [2.05, 4.69) is 5.32 Å². The molecule has 0 radical (unpaired) electrons. The van der Waals surface area contributed by atoms with Gasteiger partial charge in [0.25, 0.3) is 5.91 Å². The molecule has 2 aliphatic heterocycles. The van der Waals surface area contributed by atoms with Gasteiger partial charge in [-0.15, -0.1) is 0 Å². The highest BCUT2D eigenvalue weighted by Gasteiger charge is 2.35. The van der Waals surface area contributed by atoms with Crippen LogP contribution in [0.15, 0.2) is 24.3 Å². The molecule has 4 rings (SSSR count). The summed E-state index contributed by atoms with van der Waals surface area (Å²) < 4.78 is 11.4. The number of carbonyl (C=O) groups is 2. The Bertz CT molecular complexity index is 657. The minimum atomic E-state index is -0.0552. The number of hydrogen-bond donors (Lipinski definition) is 1. The molecule has 1 N–H and O–H groups in total. The Morgan fingerprint density at radius 1 is 1.07 bits per heavy atom. The van der Waals surface area contributed by atoms with Gasteiger partial charge in [-0.25, -0.2) is 0 Å². The highest BCUT2D eigenvalue weighted by atomic mass is 16.5. The first-order valence-electron chi connectivity index (χ1n) is 10.1. The maximum atomic E-state index is 12.2. The molecular formula is C21H28N2O4. The number of carbonyl (C=O) groups excluding carboxylic acids is 2. The molecule has 6 heteroatoms. The molecule has 6 nitrogen and oxygen atoms in total. The zero-order valence-electron chi connectivity index (χ0n) is 15.7. The summed E-state index contributed by atoms with van der Waals surface area (Å²) in [5, 5.41) is 2.97. The molecule has 0 unspecified atom stereocenters. The fourth-order valence-electron chi connectivity index (χ4n) is 3.74. The molecule has 2 saturated heterocycles. The topological polar surface area (TPSA) is 67.9 Å². The van der Waals surface area contributed by atoms with Crippen LogP contribution in [0.25, 0.3) is 0 Å². The second-order valence-electron chi connectivity index (χ2n) is 7.88. The van der Waals surface area contributed by atoms with Crippen LogP contribution in [0.3, 0.4) is 0 Å². The summed E-state index contributed by atoms with van der Waals surface area (Å²) in [6, 6.07) is 7.33. The van der Waals surface area contributed by atoms with E-state index in [0.717, 1.165) is 64.2 Å². The van der Waals surface area contributed by atoms with Crippen molar-refractivity contribution in [3.05, 3.63) is 29.8 Å². The highest BCUT2D eigenvalue weighted by Crippen LogP contribution is 2.32. The molecule has 1 atom stereocenters. The van der Waals surface area contributed by atoms with Gasteiger partial charge >= 0.3 is 0 Å². The number of ether oxygens (including phenoxy) is 2. The summed E-state index contributed by atoms with van der Waals surface area (Å²) in [6.45, 7) is 3.75. The Kier molecular flexibility index (Phi) is 5.62. The zero-order valence-corrected chi connectivity index (χ0v) is 15.7. The summed E-state index contributed by atoms with van der Waals surface area (Å²) in [4.78, 5) is 26.3. The third-order valence-electron chi connectivity index (χ3n) is 5.67. The van der Waals surface area contributed by atoms with E-state index in [4.69, 9.17) is 9.47 Å². The lowest BCUT2D eigenvalue weighted by Gasteiger charge is -2.32. The van der Waals surface area contributed by atoms with E-state index in [1.807, 2.05) is 29.2 Å². The van der Waals surface area contributed by atoms with Crippen LogP contribution >= 0.6 is 0 Å². The number of benzene rings is 1. The molecule has 2 amide bonds. The third-order valence-corrected chi connectivity index (χ3v) is 5.67. The second kappa shape index (κ2) is 8.30.